The summed E-state index contributed by atoms with van der Waals surface area (Å²) in [6.07, 6.45) is -0.214. The van der Waals surface area contributed by atoms with Gasteiger partial charge in [-0.3, -0.25) is 4.79 Å². The molecule has 0 spiro atoms. The van der Waals surface area contributed by atoms with Crippen LogP contribution in [0.25, 0.3) is 0 Å². The van der Waals surface area contributed by atoms with Gasteiger partial charge in [0.15, 0.2) is 0 Å². The van der Waals surface area contributed by atoms with Crippen molar-refractivity contribution in [1.29, 1.82) is 0 Å². The van der Waals surface area contributed by atoms with Crippen LogP contribution in [0.4, 0.5) is 10.5 Å². The molecular formula is C26H33N3O3. The minimum Gasteiger partial charge on any atom is -0.442 e. The number of nitrogens with zero attached hydrogens (tertiary/aromatic N) is 1. The molecule has 0 unspecified atom stereocenters. The molecule has 2 aromatic carbocycles. The molecule has 0 atom stereocenters. The van der Waals surface area contributed by atoms with Crippen molar-refractivity contribution < 1.29 is 14.3 Å². The van der Waals surface area contributed by atoms with Crippen LogP contribution in [0.3, 0.4) is 0 Å². The Morgan fingerprint density at radius 2 is 1.59 bits per heavy atom. The van der Waals surface area contributed by atoms with E-state index in [9.17, 15) is 9.59 Å². The summed E-state index contributed by atoms with van der Waals surface area (Å²) in [7, 11) is 0. The molecule has 0 saturated heterocycles. The molecule has 0 bridgehead atoms. The number of hydrazone groups is 1. The van der Waals surface area contributed by atoms with Gasteiger partial charge in [-0.15, -0.1) is 0 Å². The second-order valence-electron chi connectivity index (χ2n) is 9.19. The number of hydrogen-bond acceptors (Lipinski definition) is 4. The van der Waals surface area contributed by atoms with Gasteiger partial charge in [0.1, 0.15) is 12.3 Å². The molecule has 2 N–H and O–H groups in total. The number of hydrogen-bond donors (Lipinski definition) is 2. The van der Waals surface area contributed by atoms with Gasteiger partial charge in [-0.2, -0.15) is 5.10 Å². The molecule has 0 aromatic heterocycles. The summed E-state index contributed by atoms with van der Waals surface area (Å²) in [5.41, 5.74) is 9.45. The molecule has 1 aliphatic heterocycles. The molecule has 170 valence electrons. The molecule has 0 fully saturated rings. The third kappa shape index (κ3) is 5.55. The second kappa shape index (κ2) is 9.98. The van der Waals surface area contributed by atoms with Gasteiger partial charge >= 0.3 is 6.09 Å². The summed E-state index contributed by atoms with van der Waals surface area (Å²) >= 11 is 0. The highest BCUT2D eigenvalue weighted by molar-refractivity contribution is 6.04. The molecule has 2 amide bonds. The van der Waals surface area contributed by atoms with Crippen molar-refractivity contribution >= 4 is 23.4 Å². The third-order valence-electron chi connectivity index (χ3n) is 5.71. The SMILES string of the molecule is CC(C)c1cc(C(C)C)c(CC(=O)Nc2ccc(C3=NNC(=O)OC3)cc2)c(C(C)C)c1. The fraction of sp³-hybridized carbons (Fsp3) is 0.423. The summed E-state index contributed by atoms with van der Waals surface area (Å²) in [5.74, 6) is 1.09. The van der Waals surface area contributed by atoms with Gasteiger partial charge < -0.3 is 10.1 Å². The Morgan fingerprint density at radius 1 is 1.00 bits per heavy atom. The maximum Gasteiger partial charge on any atom is 0.428 e. The molecule has 1 heterocycles. The molecule has 1 aliphatic rings. The van der Waals surface area contributed by atoms with E-state index in [0.29, 0.717) is 29.9 Å². The molecule has 0 aliphatic carbocycles. The molecular weight excluding hydrogens is 402 g/mol. The first-order valence-electron chi connectivity index (χ1n) is 11.2. The molecule has 0 saturated carbocycles. The van der Waals surface area contributed by atoms with Gasteiger partial charge in [0.25, 0.3) is 0 Å². The molecule has 6 nitrogen and oxygen atoms in total. The van der Waals surface area contributed by atoms with Gasteiger partial charge in [0.2, 0.25) is 5.91 Å². The van der Waals surface area contributed by atoms with E-state index >= 15 is 0 Å². The van der Waals surface area contributed by atoms with Crippen LogP contribution >= 0.6 is 0 Å². The third-order valence-corrected chi connectivity index (χ3v) is 5.71. The zero-order chi connectivity index (χ0) is 23.4. The fourth-order valence-electron chi connectivity index (χ4n) is 3.88. The smallest absolute Gasteiger partial charge is 0.428 e. The summed E-state index contributed by atoms with van der Waals surface area (Å²) < 4.78 is 4.94. The van der Waals surface area contributed by atoms with Crippen molar-refractivity contribution in [2.24, 2.45) is 5.10 Å². The van der Waals surface area contributed by atoms with Gasteiger partial charge in [0, 0.05) is 11.3 Å². The monoisotopic (exact) mass is 435 g/mol. The van der Waals surface area contributed by atoms with Crippen LogP contribution in [0, 0.1) is 0 Å². The van der Waals surface area contributed by atoms with Crippen LogP contribution in [-0.2, 0) is 16.0 Å². The number of benzene rings is 2. The Bertz CT molecular complexity index is 992. The van der Waals surface area contributed by atoms with Crippen molar-refractivity contribution in [3.05, 3.63) is 64.2 Å². The highest BCUT2D eigenvalue weighted by Gasteiger charge is 2.20. The van der Waals surface area contributed by atoms with Crippen LogP contribution < -0.4 is 10.7 Å². The average molecular weight is 436 g/mol. The number of amides is 2. The first kappa shape index (κ1) is 23.5. The van der Waals surface area contributed by atoms with Gasteiger partial charge in [-0.25, -0.2) is 10.2 Å². The van der Waals surface area contributed by atoms with E-state index < -0.39 is 6.09 Å². The maximum absolute atomic E-state index is 13.0. The van der Waals surface area contributed by atoms with E-state index in [2.05, 4.69) is 69.5 Å². The van der Waals surface area contributed by atoms with Gasteiger partial charge in [-0.1, -0.05) is 65.8 Å². The molecule has 32 heavy (non-hydrogen) atoms. The van der Waals surface area contributed by atoms with E-state index in [1.165, 1.54) is 16.7 Å². The summed E-state index contributed by atoms with van der Waals surface area (Å²) in [5, 5.41) is 7.02. The fourth-order valence-corrected chi connectivity index (χ4v) is 3.88. The summed E-state index contributed by atoms with van der Waals surface area (Å²) in [6.45, 7) is 13.3. The summed E-state index contributed by atoms with van der Waals surface area (Å²) in [6, 6.07) is 11.9. The lowest BCUT2D eigenvalue weighted by molar-refractivity contribution is -0.115. The van der Waals surface area contributed by atoms with Crippen molar-refractivity contribution in [1.82, 2.24) is 5.43 Å². The van der Waals surface area contributed by atoms with Crippen molar-refractivity contribution in [2.45, 2.75) is 65.7 Å². The number of anilines is 1. The van der Waals surface area contributed by atoms with E-state index in [1.54, 1.807) is 0 Å². The van der Waals surface area contributed by atoms with Gasteiger partial charge in [-0.05, 0) is 52.1 Å². The first-order chi connectivity index (χ1) is 15.2. The zero-order valence-corrected chi connectivity index (χ0v) is 19.8. The van der Waals surface area contributed by atoms with Crippen molar-refractivity contribution in [2.75, 3.05) is 11.9 Å². The maximum atomic E-state index is 13.0. The highest BCUT2D eigenvalue weighted by atomic mass is 16.6. The van der Waals surface area contributed by atoms with Crippen LogP contribution in [0.15, 0.2) is 41.5 Å². The number of cyclic esters (lactones) is 1. The lowest BCUT2D eigenvalue weighted by atomic mass is 9.83. The van der Waals surface area contributed by atoms with Crippen LogP contribution in [-0.4, -0.2) is 24.3 Å². The lowest BCUT2D eigenvalue weighted by Gasteiger charge is -2.23. The molecule has 0 radical (unpaired) electrons. The average Bonchev–Trinajstić information content (AvgIpc) is 2.74. The van der Waals surface area contributed by atoms with E-state index in [0.717, 1.165) is 16.8 Å². The highest BCUT2D eigenvalue weighted by Crippen LogP contribution is 2.32. The Hall–Kier alpha value is -3.15. The lowest BCUT2D eigenvalue weighted by Crippen LogP contribution is -2.30. The van der Waals surface area contributed by atoms with Crippen molar-refractivity contribution in [3.63, 3.8) is 0 Å². The van der Waals surface area contributed by atoms with Gasteiger partial charge in [0.05, 0.1) is 6.42 Å². The van der Waals surface area contributed by atoms with Crippen LogP contribution in [0.2, 0.25) is 0 Å². The number of carbonyl (C=O) groups excluding carboxylic acids is 2. The minimum atomic E-state index is -0.555. The second-order valence-corrected chi connectivity index (χ2v) is 9.19. The Labute approximate surface area is 190 Å². The molecule has 6 heteroatoms. The molecule has 3 rings (SSSR count). The Balaban J connectivity index is 1.79. The van der Waals surface area contributed by atoms with Crippen LogP contribution in [0.1, 0.15) is 87.1 Å². The predicted octanol–water partition coefficient (Wildman–Crippen LogP) is 5.68. The van der Waals surface area contributed by atoms with E-state index in [4.69, 9.17) is 4.74 Å². The number of carbonyl (C=O) groups is 2. The number of ether oxygens (including phenoxy) is 1. The first-order valence-corrected chi connectivity index (χ1v) is 11.2. The van der Waals surface area contributed by atoms with E-state index in [-0.39, 0.29) is 12.5 Å². The normalized spacial score (nSPS) is 13.8. The predicted molar refractivity (Wildman–Crippen MR) is 129 cm³/mol. The number of rotatable bonds is 7. The minimum absolute atomic E-state index is 0.0375. The molecule has 2 aromatic rings. The van der Waals surface area contributed by atoms with Crippen molar-refractivity contribution in [3.8, 4) is 0 Å². The van der Waals surface area contributed by atoms with E-state index in [1.807, 2.05) is 24.3 Å². The quantitative estimate of drug-likeness (QED) is 0.587. The summed E-state index contributed by atoms with van der Waals surface area (Å²) in [4.78, 5) is 24.0. The van der Waals surface area contributed by atoms with Crippen LogP contribution in [0.5, 0.6) is 0 Å². The number of nitrogens with one attached hydrogen (secondary N) is 2. The zero-order valence-electron chi connectivity index (χ0n) is 19.8. The largest absolute Gasteiger partial charge is 0.442 e. The standard InChI is InChI=1S/C26H33N3O3/c1-15(2)19-11-21(16(3)4)23(22(12-19)17(5)6)13-25(30)27-20-9-7-18(8-10-20)24-14-32-26(31)29-28-24/h7-12,15-17H,13-14H2,1-6H3,(H,27,30)(H,29,31). The Morgan fingerprint density at radius 3 is 2.06 bits per heavy atom. The Kier molecular flexibility index (Phi) is 7.33. The topological polar surface area (TPSA) is 79.8 Å².